The standard InChI is InChI=1S/C8H10INO3/c1-3-6(9)13-8(12)5-10-7(11)4-2/h1,6H,4-5H2,2H3,(H,10,11). The minimum Gasteiger partial charge on any atom is -0.438 e. The van der Waals surface area contributed by atoms with Crippen LogP contribution in [0.15, 0.2) is 0 Å². The Labute approximate surface area is 90.5 Å². The van der Waals surface area contributed by atoms with Crippen LogP contribution in [0.3, 0.4) is 0 Å². The average Bonchev–Trinajstić information content (AvgIpc) is 2.13. The molecule has 0 heterocycles. The van der Waals surface area contributed by atoms with Crippen LogP contribution in [0.25, 0.3) is 0 Å². The van der Waals surface area contributed by atoms with Crippen LogP contribution in [0.1, 0.15) is 13.3 Å². The number of hydrogen-bond acceptors (Lipinski definition) is 3. The van der Waals surface area contributed by atoms with Gasteiger partial charge in [-0.15, -0.1) is 6.42 Å². The van der Waals surface area contributed by atoms with Gasteiger partial charge in [-0.1, -0.05) is 12.8 Å². The average molecular weight is 295 g/mol. The van der Waals surface area contributed by atoms with Gasteiger partial charge in [0.15, 0.2) is 0 Å². The van der Waals surface area contributed by atoms with Crippen LogP contribution in [0.5, 0.6) is 0 Å². The van der Waals surface area contributed by atoms with Crippen molar-refractivity contribution in [2.75, 3.05) is 6.54 Å². The molecule has 1 unspecified atom stereocenters. The third-order valence-corrected chi connectivity index (χ3v) is 1.73. The van der Waals surface area contributed by atoms with Crippen molar-refractivity contribution in [3.63, 3.8) is 0 Å². The normalized spacial score (nSPS) is 11.2. The molecular weight excluding hydrogens is 285 g/mol. The topological polar surface area (TPSA) is 55.4 Å². The quantitative estimate of drug-likeness (QED) is 0.354. The molecule has 5 heteroatoms. The lowest BCUT2D eigenvalue weighted by atomic mass is 10.4. The summed E-state index contributed by atoms with van der Waals surface area (Å²) in [6, 6.07) is 0. The van der Waals surface area contributed by atoms with E-state index in [0.717, 1.165) is 0 Å². The first-order valence-corrected chi connectivity index (χ1v) is 4.91. The molecule has 0 aliphatic rings. The number of hydrogen-bond donors (Lipinski definition) is 1. The van der Waals surface area contributed by atoms with E-state index >= 15 is 0 Å². The van der Waals surface area contributed by atoms with Gasteiger partial charge in [0.25, 0.3) is 0 Å². The number of carbonyl (C=O) groups excluding carboxylic acids is 2. The highest BCUT2D eigenvalue weighted by Gasteiger charge is 2.08. The molecule has 1 amide bonds. The Morgan fingerprint density at radius 1 is 1.69 bits per heavy atom. The van der Waals surface area contributed by atoms with Gasteiger partial charge < -0.3 is 10.1 Å². The Kier molecular flexibility index (Phi) is 6.32. The molecule has 0 aliphatic carbocycles. The molecule has 4 nitrogen and oxygen atoms in total. The van der Waals surface area contributed by atoms with E-state index < -0.39 is 10.1 Å². The SMILES string of the molecule is C#CC(I)OC(=O)CNC(=O)CC. The Morgan fingerprint density at radius 2 is 2.31 bits per heavy atom. The van der Waals surface area contributed by atoms with Crippen molar-refractivity contribution in [2.45, 2.75) is 17.5 Å². The van der Waals surface area contributed by atoms with E-state index in [9.17, 15) is 9.59 Å². The summed E-state index contributed by atoms with van der Waals surface area (Å²) in [4.78, 5) is 21.6. The van der Waals surface area contributed by atoms with Gasteiger partial charge in [-0.2, -0.15) is 0 Å². The number of rotatable bonds is 4. The molecule has 0 aromatic carbocycles. The molecule has 1 N–H and O–H groups in total. The number of amides is 1. The van der Waals surface area contributed by atoms with Gasteiger partial charge in [-0.05, 0) is 22.6 Å². The molecule has 0 aromatic rings. The number of alkyl halides is 1. The lowest BCUT2D eigenvalue weighted by Gasteiger charge is -2.06. The molecular formula is C8H10INO3. The Balaban J connectivity index is 3.65. The lowest BCUT2D eigenvalue weighted by molar-refractivity contribution is -0.143. The van der Waals surface area contributed by atoms with Gasteiger partial charge in [-0.3, -0.25) is 9.59 Å². The van der Waals surface area contributed by atoms with Crippen LogP contribution in [-0.2, 0) is 14.3 Å². The third kappa shape index (κ3) is 6.40. The van der Waals surface area contributed by atoms with E-state index in [0.29, 0.717) is 6.42 Å². The number of nitrogens with one attached hydrogen (secondary N) is 1. The largest absolute Gasteiger partial charge is 0.438 e. The maximum absolute atomic E-state index is 10.9. The molecule has 1 atom stereocenters. The summed E-state index contributed by atoms with van der Waals surface area (Å²) in [5.41, 5.74) is 0. The smallest absolute Gasteiger partial charge is 0.327 e. The fraction of sp³-hybridized carbons (Fsp3) is 0.500. The summed E-state index contributed by atoms with van der Waals surface area (Å²) < 4.78 is 4.11. The van der Waals surface area contributed by atoms with Gasteiger partial charge in [0, 0.05) is 6.42 Å². The maximum atomic E-state index is 10.9. The van der Waals surface area contributed by atoms with Crippen molar-refractivity contribution < 1.29 is 14.3 Å². The summed E-state index contributed by atoms with van der Waals surface area (Å²) in [5, 5.41) is 2.38. The van der Waals surface area contributed by atoms with Crippen molar-refractivity contribution in [1.29, 1.82) is 0 Å². The first-order valence-electron chi connectivity index (χ1n) is 3.66. The zero-order valence-corrected chi connectivity index (χ0v) is 9.33. The van der Waals surface area contributed by atoms with E-state index in [2.05, 4.69) is 11.2 Å². The number of halogens is 1. The number of esters is 1. The van der Waals surface area contributed by atoms with Gasteiger partial charge in [0.05, 0.1) is 0 Å². The van der Waals surface area contributed by atoms with Crippen molar-refractivity contribution in [1.82, 2.24) is 5.32 Å². The van der Waals surface area contributed by atoms with E-state index in [4.69, 9.17) is 11.2 Å². The minimum atomic E-state index is -0.580. The predicted octanol–water partition coefficient (Wildman–Crippen LogP) is 0.450. The Bertz CT molecular complexity index is 234. The molecule has 0 aromatic heterocycles. The molecule has 0 aliphatic heterocycles. The number of carbonyl (C=O) groups is 2. The monoisotopic (exact) mass is 295 g/mol. The van der Waals surface area contributed by atoms with E-state index in [1.807, 2.05) is 0 Å². The van der Waals surface area contributed by atoms with E-state index in [-0.39, 0.29) is 12.5 Å². The Morgan fingerprint density at radius 3 is 2.77 bits per heavy atom. The van der Waals surface area contributed by atoms with E-state index in [1.165, 1.54) is 0 Å². The summed E-state index contributed by atoms with van der Waals surface area (Å²) in [7, 11) is 0. The fourth-order valence-corrected chi connectivity index (χ4v) is 0.770. The zero-order valence-electron chi connectivity index (χ0n) is 7.17. The first kappa shape index (κ1) is 12.2. The molecule has 0 saturated carbocycles. The predicted molar refractivity (Wildman–Crippen MR) is 56.0 cm³/mol. The minimum absolute atomic E-state index is 0.131. The van der Waals surface area contributed by atoms with Gasteiger partial charge in [0.1, 0.15) is 6.54 Å². The fourth-order valence-electron chi connectivity index (χ4n) is 0.487. The van der Waals surface area contributed by atoms with Crippen LogP contribution < -0.4 is 5.32 Å². The van der Waals surface area contributed by atoms with Crippen LogP contribution in [-0.4, -0.2) is 22.5 Å². The summed E-state index contributed by atoms with van der Waals surface area (Å²) in [6.07, 6.45) is 5.32. The molecule has 72 valence electrons. The second-order valence-electron chi connectivity index (χ2n) is 2.10. The molecule has 0 fully saturated rings. The number of terminal acetylenes is 1. The van der Waals surface area contributed by atoms with Crippen LogP contribution in [0, 0.1) is 12.3 Å². The summed E-state index contributed by atoms with van der Waals surface area (Å²) in [5.74, 6) is 1.51. The highest BCUT2D eigenvalue weighted by atomic mass is 127. The van der Waals surface area contributed by atoms with Gasteiger partial charge in [0.2, 0.25) is 10.0 Å². The van der Waals surface area contributed by atoms with Crippen LogP contribution in [0.2, 0.25) is 0 Å². The van der Waals surface area contributed by atoms with Gasteiger partial charge in [-0.25, -0.2) is 0 Å². The summed E-state index contributed by atoms with van der Waals surface area (Å²) >= 11 is 1.80. The second kappa shape index (κ2) is 6.71. The lowest BCUT2D eigenvalue weighted by Crippen LogP contribution is -2.30. The summed E-state index contributed by atoms with van der Waals surface area (Å²) in [6.45, 7) is 1.57. The second-order valence-corrected chi connectivity index (χ2v) is 3.23. The zero-order chi connectivity index (χ0) is 10.3. The molecule has 0 saturated heterocycles. The van der Waals surface area contributed by atoms with Crippen molar-refractivity contribution in [3.05, 3.63) is 0 Å². The van der Waals surface area contributed by atoms with E-state index in [1.54, 1.807) is 29.5 Å². The van der Waals surface area contributed by atoms with Crippen molar-refractivity contribution >= 4 is 34.5 Å². The van der Waals surface area contributed by atoms with Gasteiger partial charge >= 0.3 is 5.97 Å². The van der Waals surface area contributed by atoms with Crippen molar-refractivity contribution in [3.8, 4) is 12.3 Å². The Hall–Kier alpha value is -0.770. The highest BCUT2D eigenvalue weighted by molar-refractivity contribution is 14.1. The highest BCUT2D eigenvalue weighted by Crippen LogP contribution is 1.99. The van der Waals surface area contributed by atoms with Crippen LogP contribution >= 0.6 is 22.6 Å². The molecule has 0 bridgehead atoms. The molecule has 0 rings (SSSR count). The van der Waals surface area contributed by atoms with Crippen molar-refractivity contribution in [2.24, 2.45) is 0 Å². The van der Waals surface area contributed by atoms with Crippen LogP contribution in [0.4, 0.5) is 0 Å². The maximum Gasteiger partial charge on any atom is 0.327 e. The molecule has 0 radical (unpaired) electrons. The molecule has 0 spiro atoms. The first-order chi connectivity index (χ1) is 6.10. The molecule has 13 heavy (non-hydrogen) atoms. The third-order valence-electron chi connectivity index (χ3n) is 1.12. The number of ether oxygens (including phenoxy) is 1.